The molecule has 0 aliphatic heterocycles. The number of ether oxygens (including phenoxy) is 1. The molecule has 0 heterocycles. The number of rotatable bonds is 9. The first-order valence-corrected chi connectivity index (χ1v) is 7.02. The zero-order valence-electron chi connectivity index (χ0n) is 12.4. The molecule has 1 aromatic rings. The monoisotopic (exact) mass is 300 g/mol. The second-order valence-corrected chi connectivity index (χ2v) is 5.15. The summed E-state index contributed by atoms with van der Waals surface area (Å²) in [4.78, 5) is 11.5. The smallest absolute Gasteiger partial charge is 0.237 e. The van der Waals surface area contributed by atoms with Crippen LogP contribution < -0.4 is 15.8 Å². The van der Waals surface area contributed by atoms with Gasteiger partial charge < -0.3 is 15.8 Å². The molecule has 118 valence electrons. The molecule has 1 amide bonds. The Bertz CT molecular complexity index is 483. The molecule has 0 radical (unpaired) electrons. The molecule has 1 aromatic carbocycles. The highest BCUT2D eigenvalue weighted by molar-refractivity contribution is 5.84. The number of primary amides is 1. The van der Waals surface area contributed by atoms with Crippen LogP contribution in [0.2, 0.25) is 0 Å². The average molecular weight is 300 g/mol. The van der Waals surface area contributed by atoms with Crippen LogP contribution in [0.15, 0.2) is 18.2 Å². The summed E-state index contributed by atoms with van der Waals surface area (Å²) >= 11 is 0. The van der Waals surface area contributed by atoms with E-state index in [9.17, 15) is 13.6 Å². The Morgan fingerprint density at radius 1 is 1.38 bits per heavy atom. The quantitative estimate of drug-likeness (QED) is 0.688. The number of hydrogen-bond acceptors (Lipinski definition) is 3. The molecule has 1 rings (SSSR count). The van der Waals surface area contributed by atoms with Crippen LogP contribution in [0.25, 0.3) is 0 Å². The van der Waals surface area contributed by atoms with Crippen molar-refractivity contribution in [2.45, 2.75) is 38.6 Å². The van der Waals surface area contributed by atoms with Crippen molar-refractivity contribution in [3.05, 3.63) is 29.8 Å². The van der Waals surface area contributed by atoms with Gasteiger partial charge >= 0.3 is 0 Å². The maximum Gasteiger partial charge on any atom is 0.237 e. The number of halogens is 2. The van der Waals surface area contributed by atoms with Crippen molar-refractivity contribution in [1.29, 1.82) is 0 Å². The van der Waals surface area contributed by atoms with Crippen LogP contribution in [-0.2, 0) is 4.79 Å². The molecule has 0 spiro atoms. The van der Waals surface area contributed by atoms with E-state index in [1.54, 1.807) is 6.92 Å². The fraction of sp³-hybridized carbons (Fsp3) is 0.533. The Balaban J connectivity index is 2.43. The summed E-state index contributed by atoms with van der Waals surface area (Å²) in [6, 6.07) is 3.37. The van der Waals surface area contributed by atoms with Crippen molar-refractivity contribution in [1.82, 2.24) is 5.32 Å². The van der Waals surface area contributed by atoms with Crippen molar-refractivity contribution in [2.24, 2.45) is 5.73 Å². The summed E-state index contributed by atoms with van der Waals surface area (Å²) in [5, 5.41) is 3.12. The van der Waals surface area contributed by atoms with Gasteiger partial charge in [0.05, 0.1) is 12.1 Å². The summed E-state index contributed by atoms with van der Waals surface area (Å²) in [7, 11) is 0. The van der Waals surface area contributed by atoms with Gasteiger partial charge in [-0.15, -0.1) is 0 Å². The highest BCUT2D eigenvalue weighted by Gasteiger charge is 2.29. The first-order valence-electron chi connectivity index (χ1n) is 7.02. The zero-order valence-corrected chi connectivity index (χ0v) is 12.4. The van der Waals surface area contributed by atoms with Gasteiger partial charge in [0.2, 0.25) is 5.91 Å². The normalized spacial score (nSPS) is 13.7. The molecule has 0 saturated carbocycles. The zero-order chi connectivity index (χ0) is 15.9. The summed E-state index contributed by atoms with van der Waals surface area (Å²) in [6.45, 7) is 4.74. The molecule has 0 aliphatic carbocycles. The lowest BCUT2D eigenvalue weighted by Crippen LogP contribution is -2.53. The molecule has 0 fully saturated rings. The van der Waals surface area contributed by atoms with Crippen LogP contribution in [0.5, 0.6) is 5.75 Å². The van der Waals surface area contributed by atoms with Gasteiger partial charge in [0, 0.05) is 6.07 Å². The Morgan fingerprint density at radius 3 is 2.67 bits per heavy atom. The van der Waals surface area contributed by atoms with Crippen LogP contribution in [-0.4, -0.2) is 24.6 Å². The highest BCUT2D eigenvalue weighted by Crippen LogP contribution is 2.17. The van der Waals surface area contributed by atoms with E-state index in [0.717, 1.165) is 18.6 Å². The first-order chi connectivity index (χ1) is 9.89. The lowest BCUT2D eigenvalue weighted by atomic mass is 9.95. The van der Waals surface area contributed by atoms with E-state index in [1.807, 2.05) is 6.92 Å². The first kappa shape index (κ1) is 17.4. The molecule has 0 bridgehead atoms. The summed E-state index contributed by atoms with van der Waals surface area (Å²) in [5.41, 5.74) is 4.62. The van der Waals surface area contributed by atoms with Crippen molar-refractivity contribution in [3.8, 4) is 5.75 Å². The van der Waals surface area contributed by atoms with Crippen molar-refractivity contribution < 1.29 is 18.3 Å². The topological polar surface area (TPSA) is 64.3 Å². The van der Waals surface area contributed by atoms with E-state index in [4.69, 9.17) is 10.5 Å². The predicted octanol–water partition coefficient (Wildman–Crippen LogP) is 2.37. The summed E-state index contributed by atoms with van der Waals surface area (Å²) in [6.07, 6.45) is 1.97. The largest absolute Gasteiger partial charge is 0.493 e. The number of nitrogens with one attached hydrogen (secondary N) is 1. The Morgan fingerprint density at radius 2 is 2.10 bits per heavy atom. The predicted molar refractivity (Wildman–Crippen MR) is 77.0 cm³/mol. The maximum atomic E-state index is 13.0. The second-order valence-electron chi connectivity index (χ2n) is 5.15. The van der Waals surface area contributed by atoms with Crippen molar-refractivity contribution in [3.63, 3.8) is 0 Å². The third-order valence-corrected chi connectivity index (χ3v) is 3.29. The minimum atomic E-state index is -0.945. The molecular weight excluding hydrogens is 278 g/mol. The maximum absolute atomic E-state index is 13.0. The van der Waals surface area contributed by atoms with E-state index in [2.05, 4.69) is 5.32 Å². The lowest BCUT2D eigenvalue weighted by Gasteiger charge is -2.27. The van der Waals surface area contributed by atoms with E-state index in [-0.39, 0.29) is 5.75 Å². The number of nitrogens with two attached hydrogens (primary N) is 1. The number of benzene rings is 1. The molecule has 6 heteroatoms. The lowest BCUT2D eigenvalue weighted by molar-refractivity contribution is -0.124. The number of carbonyl (C=O) groups is 1. The molecule has 3 N–H and O–H groups in total. The Labute approximate surface area is 123 Å². The van der Waals surface area contributed by atoms with Gasteiger partial charge in [-0.2, -0.15) is 0 Å². The molecule has 21 heavy (non-hydrogen) atoms. The highest BCUT2D eigenvalue weighted by atomic mass is 19.2. The molecule has 4 nitrogen and oxygen atoms in total. The van der Waals surface area contributed by atoms with Crippen molar-refractivity contribution in [2.75, 3.05) is 13.2 Å². The van der Waals surface area contributed by atoms with Gasteiger partial charge in [-0.3, -0.25) is 4.79 Å². The fourth-order valence-corrected chi connectivity index (χ4v) is 1.88. The van der Waals surface area contributed by atoms with Gasteiger partial charge in [-0.1, -0.05) is 6.92 Å². The van der Waals surface area contributed by atoms with Gasteiger partial charge in [0.25, 0.3) is 0 Å². The van der Waals surface area contributed by atoms with Crippen molar-refractivity contribution >= 4 is 5.91 Å². The molecule has 0 saturated heterocycles. The summed E-state index contributed by atoms with van der Waals surface area (Å²) < 4.78 is 31.1. The number of amides is 1. The molecule has 1 unspecified atom stereocenters. The average Bonchev–Trinajstić information content (AvgIpc) is 2.45. The minimum absolute atomic E-state index is 0.260. The van der Waals surface area contributed by atoms with Gasteiger partial charge in [-0.05, 0) is 44.9 Å². The van der Waals surface area contributed by atoms with E-state index in [1.165, 1.54) is 6.07 Å². The number of carbonyl (C=O) groups excluding carboxylic acids is 1. The van der Waals surface area contributed by atoms with Gasteiger partial charge in [0.1, 0.15) is 5.75 Å². The van der Waals surface area contributed by atoms with Crippen LogP contribution in [0.4, 0.5) is 8.78 Å². The second kappa shape index (κ2) is 7.93. The molecule has 1 atom stereocenters. The van der Waals surface area contributed by atoms with Gasteiger partial charge in [-0.25, -0.2) is 8.78 Å². The van der Waals surface area contributed by atoms with Crippen LogP contribution in [0.3, 0.4) is 0 Å². The molecule has 0 aromatic heterocycles. The third-order valence-electron chi connectivity index (χ3n) is 3.29. The standard InChI is InChI=1S/C15H22F2N2O2/c1-3-8-19-15(2,14(18)20)7-4-9-21-11-5-6-12(16)13(17)10-11/h5-6,10,19H,3-4,7-9H2,1-2H3,(H2,18,20). The number of hydrogen-bond donors (Lipinski definition) is 2. The Kier molecular flexibility index (Phi) is 6.55. The van der Waals surface area contributed by atoms with Crippen LogP contribution >= 0.6 is 0 Å². The van der Waals surface area contributed by atoms with Crippen LogP contribution in [0, 0.1) is 11.6 Å². The molecular formula is C15H22F2N2O2. The third kappa shape index (κ3) is 5.30. The summed E-state index contributed by atoms with van der Waals surface area (Å²) in [5.74, 6) is -2.01. The van der Waals surface area contributed by atoms with E-state index in [0.29, 0.717) is 26.0 Å². The minimum Gasteiger partial charge on any atom is -0.493 e. The van der Waals surface area contributed by atoms with Gasteiger partial charge in [0.15, 0.2) is 11.6 Å². The van der Waals surface area contributed by atoms with E-state index < -0.39 is 23.1 Å². The van der Waals surface area contributed by atoms with E-state index >= 15 is 0 Å². The fourth-order valence-electron chi connectivity index (χ4n) is 1.88. The SMILES string of the molecule is CCCNC(C)(CCCOc1ccc(F)c(F)c1)C(N)=O. The molecule has 0 aliphatic rings. The van der Waals surface area contributed by atoms with Crippen LogP contribution in [0.1, 0.15) is 33.1 Å². The Hall–Kier alpha value is -1.69.